The Kier molecular flexibility index (Phi) is 8.61. The number of ether oxygens (including phenoxy) is 1. The summed E-state index contributed by atoms with van der Waals surface area (Å²) in [6.07, 6.45) is 2.78. The van der Waals surface area contributed by atoms with Crippen LogP contribution >= 0.6 is 0 Å². The average molecular weight is 439 g/mol. The molecule has 2 aromatic rings. The summed E-state index contributed by atoms with van der Waals surface area (Å²) in [5.41, 5.74) is 3.39. The van der Waals surface area contributed by atoms with Gasteiger partial charge in [0.25, 0.3) is 0 Å². The van der Waals surface area contributed by atoms with E-state index in [0.717, 1.165) is 5.56 Å². The minimum Gasteiger partial charge on any atom is -0.484 e. The van der Waals surface area contributed by atoms with E-state index in [1.807, 2.05) is 26.0 Å². The molecule has 0 saturated heterocycles. The third kappa shape index (κ3) is 6.44. The first-order chi connectivity index (χ1) is 15.2. The van der Waals surface area contributed by atoms with Crippen LogP contribution in [0, 0.1) is 0 Å². The van der Waals surface area contributed by atoms with Crippen LogP contribution < -0.4 is 15.0 Å². The highest BCUT2D eigenvalue weighted by atomic mass is 16.5. The summed E-state index contributed by atoms with van der Waals surface area (Å²) in [5, 5.41) is 12.2. The first-order valence-electron chi connectivity index (χ1n) is 11.0. The fourth-order valence-corrected chi connectivity index (χ4v) is 3.27. The van der Waals surface area contributed by atoms with Crippen LogP contribution in [0.2, 0.25) is 0 Å². The molecule has 0 radical (unpaired) electrons. The number of hydrogen-bond donors (Lipinski definition) is 2. The van der Waals surface area contributed by atoms with Gasteiger partial charge in [-0.1, -0.05) is 58.9 Å². The Morgan fingerprint density at radius 2 is 1.81 bits per heavy atom. The Morgan fingerprint density at radius 3 is 2.38 bits per heavy atom. The van der Waals surface area contributed by atoms with Crippen LogP contribution in [-0.4, -0.2) is 36.2 Å². The Hall–Kier alpha value is -3.12. The maximum Gasteiger partial charge on any atom is 0.248 e. The van der Waals surface area contributed by atoms with E-state index in [-0.39, 0.29) is 30.4 Å². The van der Waals surface area contributed by atoms with E-state index < -0.39 is 6.10 Å². The minimum atomic E-state index is -0.463. The number of hydrogen-bond acceptors (Lipinski definition) is 4. The van der Waals surface area contributed by atoms with E-state index >= 15 is 0 Å². The lowest BCUT2D eigenvalue weighted by molar-refractivity contribution is -0.117. The second-order valence-electron chi connectivity index (χ2n) is 8.43. The van der Waals surface area contributed by atoms with Gasteiger partial charge in [0, 0.05) is 18.7 Å². The van der Waals surface area contributed by atoms with E-state index in [9.17, 15) is 14.7 Å². The smallest absolute Gasteiger partial charge is 0.248 e. The Bertz CT molecular complexity index is 959. The zero-order chi connectivity index (χ0) is 23.9. The van der Waals surface area contributed by atoms with E-state index in [0.29, 0.717) is 17.1 Å². The van der Waals surface area contributed by atoms with Crippen molar-refractivity contribution >= 4 is 29.3 Å². The molecule has 1 aliphatic heterocycles. The van der Waals surface area contributed by atoms with Gasteiger partial charge in [0.05, 0.1) is 18.8 Å². The third-order valence-corrected chi connectivity index (χ3v) is 4.98. The van der Waals surface area contributed by atoms with Gasteiger partial charge in [-0.15, -0.1) is 0 Å². The van der Waals surface area contributed by atoms with Crippen LogP contribution in [0.1, 0.15) is 52.7 Å². The number of aliphatic hydroxyl groups is 1. The molecule has 0 fully saturated rings. The summed E-state index contributed by atoms with van der Waals surface area (Å²) in [7, 11) is 0. The standard InChI is InChI=1S/C24H28N2O4.C2H6/c1-16(28)26-14-20(15-27)30-22-11-10-19(13-21(22)26)25-23(29)12-7-17-5-8-18(9-6-17)24(2,3)4;1-2/h5-13,20,27H,14-15H2,1-4H3,(H,25,29);1-2H3/b12-7+;. The number of carbonyl (C=O) groups is 2. The zero-order valence-electron chi connectivity index (χ0n) is 19.8. The second-order valence-corrected chi connectivity index (χ2v) is 8.43. The second kappa shape index (κ2) is 11.0. The lowest BCUT2D eigenvalue weighted by Gasteiger charge is -2.33. The van der Waals surface area contributed by atoms with Crippen LogP contribution in [0.4, 0.5) is 11.4 Å². The van der Waals surface area contributed by atoms with Gasteiger partial charge in [0.2, 0.25) is 11.8 Å². The molecule has 0 bridgehead atoms. The van der Waals surface area contributed by atoms with Crippen LogP contribution in [0.15, 0.2) is 48.5 Å². The summed E-state index contributed by atoms with van der Waals surface area (Å²) in [6.45, 7) is 12.0. The van der Waals surface area contributed by atoms with Gasteiger partial charge in [0.1, 0.15) is 11.9 Å². The highest BCUT2D eigenvalue weighted by Gasteiger charge is 2.28. The molecule has 2 N–H and O–H groups in total. The minimum absolute atomic E-state index is 0.0841. The molecule has 2 aromatic carbocycles. The molecule has 0 aromatic heterocycles. The molecule has 6 heteroatoms. The van der Waals surface area contributed by atoms with E-state index in [4.69, 9.17) is 4.74 Å². The molecular formula is C26H34N2O4. The molecule has 0 aliphatic carbocycles. The fraction of sp³-hybridized carbons (Fsp3) is 0.385. The third-order valence-electron chi connectivity index (χ3n) is 4.98. The highest BCUT2D eigenvalue weighted by molar-refractivity contribution is 6.03. The molecule has 6 nitrogen and oxygen atoms in total. The molecule has 1 aliphatic rings. The Morgan fingerprint density at radius 1 is 1.16 bits per heavy atom. The molecule has 3 rings (SSSR count). The van der Waals surface area contributed by atoms with Crippen LogP contribution in [0.3, 0.4) is 0 Å². The maximum atomic E-state index is 12.4. The first-order valence-corrected chi connectivity index (χ1v) is 11.0. The van der Waals surface area contributed by atoms with Crippen molar-refractivity contribution in [2.45, 2.75) is 53.1 Å². The van der Waals surface area contributed by atoms with Crippen LogP contribution in [-0.2, 0) is 15.0 Å². The summed E-state index contributed by atoms with van der Waals surface area (Å²) in [6, 6.07) is 13.2. The Balaban J connectivity index is 0.00000176. The van der Waals surface area contributed by atoms with E-state index in [1.54, 1.807) is 29.2 Å². The first kappa shape index (κ1) is 25.1. The van der Waals surface area contributed by atoms with E-state index in [2.05, 4.69) is 38.2 Å². The monoisotopic (exact) mass is 438 g/mol. The molecular weight excluding hydrogens is 404 g/mol. The molecule has 0 spiro atoms. The summed E-state index contributed by atoms with van der Waals surface area (Å²) < 4.78 is 5.69. The number of nitrogens with zero attached hydrogens (tertiary/aromatic N) is 1. The summed E-state index contributed by atoms with van der Waals surface area (Å²) >= 11 is 0. The van der Waals surface area contributed by atoms with Crippen LogP contribution in [0.5, 0.6) is 5.75 Å². The quantitative estimate of drug-likeness (QED) is 0.674. The predicted molar refractivity (Wildman–Crippen MR) is 130 cm³/mol. The van der Waals surface area contributed by atoms with Gasteiger partial charge in [-0.3, -0.25) is 9.59 Å². The lowest BCUT2D eigenvalue weighted by Crippen LogP contribution is -2.44. The SMILES string of the molecule is CC.CC(=O)N1CC(CO)Oc2ccc(NC(=O)/C=C/c3ccc(C(C)(C)C)cc3)cc21. The molecule has 1 heterocycles. The zero-order valence-corrected chi connectivity index (χ0v) is 19.8. The number of fused-ring (bicyclic) bond motifs is 1. The van der Waals surface area contributed by atoms with Gasteiger partial charge in [-0.05, 0) is 40.8 Å². The maximum absolute atomic E-state index is 12.4. The number of nitrogens with one attached hydrogen (secondary N) is 1. The normalized spacial score (nSPS) is 15.3. The van der Waals surface area contributed by atoms with Crippen molar-refractivity contribution in [3.63, 3.8) is 0 Å². The number of rotatable bonds is 4. The molecule has 32 heavy (non-hydrogen) atoms. The van der Waals surface area contributed by atoms with Gasteiger partial charge in [0.15, 0.2) is 0 Å². The summed E-state index contributed by atoms with van der Waals surface area (Å²) in [5.74, 6) is 0.0808. The van der Waals surface area contributed by atoms with E-state index in [1.165, 1.54) is 18.6 Å². The van der Waals surface area contributed by atoms with Gasteiger partial charge < -0.3 is 20.1 Å². The highest BCUT2D eigenvalue weighted by Crippen LogP contribution is 2.36. The van der Waals surface area contributed by atoms with Crippen molar-refractivity contribution in [2.75, 3.05) is 23.4 Å². The van der Waals surface area contributed by atoms with Crippen LogP contribution in [0.25, 0.3) is 6.08 Å². The molecule has 172 valence electrons. The topological polar surface area (TPSA) is 78.9 Å². The number of benzene rings is 2. The van der Waals surface area contributed by atoms with Gasteiger partial charge >= 0.3 is 0 Å². The number of anilines is 2. The van der Waals surface area contributed by atoms with Crippen molar-refractivity contribution in [1.82, 2.24) is 0 Å². The lowest BCUT2D eigenvalue weighted by atomic mass is 9.87. The van der Waals surface area contributed by atoms with Crippen molar-refractivity contribution in [3.8, 4) is 5.75 Å². The number of carbonyl (C=O) groups excluding carboxylic acids is 2. The Labute approximate surface area is 190 Å². The molecule has 1 atom stereocenters. The van der Waals surface area contributed by atoms with Gasteiger partial charge in [-0.2, -0.15) is 0 Å². The average Bonchev–Trinajstić information content (AvgIpc) is 2.78. The molecule has 0 saturated carbocycles. The molecule has 1 unspecified atom stereocenters. The predicted octanol–water partition coefficient (Wildman–Crippen LogP) is 4.77. The van der Waals surface area contributed by atoms with Crippen molar-refractivity contribution < 1.29 is 19.4 Å². The molecule has 2 amide bonds. The number of amides is 2. The summed E-state index contributed by atoms with van der Waals surface area (Å²) in [4.78, 5) is 25.9. The van der Waals surface area contributed by atoms with Crippen molar-refractivity contribution in [2.24, 2.45) is 0 Å². The largest absolute Gasteiger partial charge is 0.484 e. The van der Waals surface area contributed by atoms with Gasteiger partial charge in [-0.25, -0.2) is 0 Å². The fourth-order valence-electron chi connectivity index (χ4n) is 3.27. The van der Waals surface area contributed by atoms with Crippen molar-refractivity contribution in [3.05, 3.63) is 59.7 Å². The van der Waals surface area contributed by atoms with Crippen molar-refractivity contribution in [1.29, 1.82) is 0 Å². The number of aliphatic hydroxyl groups excluding tert-OH is 1.